The van der Waals surface area contributed by atoms with Crippen LogP contribution < -0.4 is 10.6 Å². The number of hydrogen-bond donors (Lipinski definition) is 2. The number of fused-ring (bicyclic) bond motifs is 1. The molecule has 1 atom stereocenters. The van der Waals surface area contributed by atoms with Gasteiger partial charge in [-0.05, 0) is 29.3 Å². The number of anilines is 1. The van der Waals surface area contributed by atoms with E-state index in [9.17, 15) is 9.18 Å². The number of carbonyl (C=O) groups is 1. The van der Waals surface area contributed by atoms with Crippen molar-refractivity contribution in [3.8, 4) is 0 Å². The maximum Gasteiger partial charge on any atom is 0.233 e. The predicted octanol–water partition coefficient (Wildman–Crippen LogP) is 3.30. The van der Waals surface area contributed by atoms with Gasteiger partial charge in [-0.3, -0.25) is 4.79 Å². The molecule has 1 aliphatic heterocycles. The Hall–Kier alpha value is -1.91. The van der Waals surface area contributed by atoms with Crippen molar-refractivity contribution < 1.29 is 9.18 Å². The minimum Gasteiger partial charge on any atom is -0.323 e. The van der Waals surface area contributed by atoms with Crippen LogP contribution in [0.5, 0.6) is 0 Å². The van der Waals surface area contributed by atoms with Crippen molar-refractivity contribution in [1.82, 2.24) is 5.32 Å². The van der Waals surface area contributed by atoms with Gasteiger partial charge in [0, 0.05) is 18.1 Å². The number of carbonyl (C=O) groups excluding carboxylic acids is 1. The van der Waals surface area contributed by atoms with Crippen LogP contribution in [-0.2, 0) is 11.3 Å². The second-order valence-electron chi connectivity index (χ2n) is 5.00. The number of amides is 1. The lowest BCUT2D eigenvalue weighted by atomic mass is 9.90. The third-order valence-corrected chi connectivity index (χ3v) is 3.83. The van der Waals surface area contributed by atoms with Crippen LogP contribution in [0.1, 0.15) is 17.0 Å². The second kappa shape index (κ2) is 5.84. The number of halogens is 2. The summed E-state index contributed by atoms with van der Waals surface area (Å²) in [6, 6.07) is 11.9. The summed E-state index contributed by atoms with van der Waals surface area (Å²) in [6.45, 7) is 1.27. The Morgan fingerprint density at radius 3 is 2.95 bits per heavy atom. The minimum absolute atomic E-state index is 0.107. The van der Waals surface area contributed by atoms with E-state index in [0.717, 1.165) is 17.7 Å². The van der Waals surface area contributed by atoms with Crippen LogP contribution in [-0.4, -0.2) is 12.5 Å². The summed E-state index contributed by atoms with van der Waals surface area (Å²) in [5, 5.41) is 6.21. The van der Waals surface area contributed by atoms with Crippen LogP contribution in [0.2, 0.25) is 5.02 Å². The van der Waals surface area contributed by atoms with Crippen LogP contribution in [0.15, 0.2) is 42.5 Å². The molecule has 1 heterocycles. The molecule has 0 saturated carbocycles. The first-order valence-corrected chi connectivity index (χ1v) is 7.07. The van der Waals surface area contributed by atoms with Gasteiger partial charge in [0.25, 0.3) is 0 Å². The number of nitrogens with one attached hydrogen (secondary N) is 2. The van der Waals surface area contributed by atoms with Gasteiger partial charge in [0.2, 0.25) is 5.91 Å². The van der Waals surface area contributed by atoms with Gasteiger partial charge in [-0.25, -0.2) is 4.39 Å². The van der Waals surface area contributed by atoms with Gasteiger partial charge in [0.15, 0.2) is 0 Å². The maximum absolute atomic E-state index is 13.7. The highest BCUT2D eigenvalue weighted by Crippen LogP contribution is 2.26. The summed E-state index contributed by atoms with van der Waals surface area (Å²) in [5.74, 6) is -1.08. The Kier molecular flexibility index (Phi) is 3.90. The fourth-order valence-electron chi connectivity index (χ4n) is 2.54. The lowest BCUT2D eigenvalue weighted by Crippen LogP contribution is -2.35. The van der Waals surface area contributed by atoms with E-state index < -0.39 is 5.82 Å². The van der Waals surface area contributed by atoms with Gasteiger partial charge in [0.05, 0.1) is 11.6 Å². The zero-order valence-electron chi connectivity index (χ0n) is 11.2. The molecule has 0 bridgehead atoms. The van der Waals surface area contributed by atoms with Gasteiger partial charge in [-0.1, -0.05) is 35.9 Å². The van der Waals surface area contributed by atoms with E-state index >= 15 is 0 Å². The molecule has 1 amide bonds. The van der Waals surface area contributed by atoms with Gasteiger partial charge >= 0.3 is 0 Å². The molecule has 0 aromatic heterocycles. The zero-order valence-corrected chi connectivity index (χ0v) is 12.0. The highest BCUT2D eigenvalue weighted by molar-refractivity contribution is 6.30. The third-order valence-electron chi connectivity index (χ3n) is 3.60. The summed E-state index contributed by atoms with van der Waals surface area (Å²) < 4.78 is 13.7. The molecule has 0 fully saturated rings. The lowest BCUT2D eigenvalue weighted by molar-refractivity contribution is -0.117. The SMILES string of the molecule is O=C(Nc1cc(Cl)ccc1F)C1CNCc2ccccc21. The number of hydrogen-bond acceptors (Lipinski definition) is 2. The van der Waals surface area contributed by atoms with Crippen molar-refractivity contribution in [2.24, 2.45) is 0 Å². The fourth-order valence-corrected chi connectivity index (χ4v) is 2.72. The summed E-state index contributed by atoms with van der Waals surface area (Å²) in [5.41, 5.74) is 2.18. The average molecular weight is 305 g/mol. The normalized spacial score (nSPS) is 17.1. The van der Waals surface area contributed by atoms with Crippen molar-refractivity contribution in [2.75, 3.05) is 11.9 Å². The predicted molar refractivity (Wildman–Crippen MR) is 80.9 cm³/mol. The van der Waals surface area contributed by atoms with Gasteiger partial charge in [-0.2, -0.15) is 0 Å². The molecule has 0 saturated heterocycles. The topological polar surface area (TPSA) is 41.1 Å². The quantitative estimate of drug-likeness (QED) is 0.894. The zero-order chi connectivity index (χ0) is 14.8. The first-order valence-electron chi connectivity index (χ1n) is 6.69. The van der Waals surface area contributed by atoms with Crippen LogP contribution in [0.25, 0.3) is 0 Å². The lowest BCUT2D eigenvalue weighted by Gasteiger charge is -2.25. The van der Waals surface area contributed by atoms with Crippen LogP contribution in [0, 0.1) is 5.82 Å². The molecule has 0 radical (unpaired) electrons. The fraction of sp³-hybridized carbons (Fsp3) is 0.188. The van der Waals surface area contributed by atoms with Gasteiger partial charge in [0.1, 0.15) is 5.82 Å². The first kappa shape index (κ1) is 14.0. The Bertz CT molecular complexity index is 690. The molecule has 1 aliphatic rings. The molecule has 108 valence electrons. The van der Waals surface area contributed by atoms with E-state index in [-0.39, 0.29) is 17.5 Å². The molecule has 3 rings (SSSR count). The maximum atomic E-state index is 13.7. The van der Waals surface area contributed by atoms with E-state index in [1.54, 1.807) is 0 Å². The molecule has 0 spiro atoms. The Morgan fingerprint density at radius 2 is 2.10 bits per heavy atom. The molecular weight excluding hydrogens is 291 g/mol. The van der Waals surface area contributed by atoms with Crippen LogP contribution >= 0.6 is 11.6 Å². The molecular formula is C16H14ClFN2O. The highest BCUT2D eigenvalue weighted by Gasteiger charge is 2.26. The Morgan fingerprint density at radius 1 is 1.29 bits per heavy atom. The number of benzene rings is 2. The van der Waals surface area contributed by atoms with Crippen molar-refractivity contribution in [3.05, 3.63) is 64.4 Å². The Labute approximate surface area is 127 Å². The Balaban J connectivity index is 1.85. The second-order valence-corrected chi connectivity index (χ2v) is 5.43. The minimum atomic E-state index is -0.496. The van der Waals surface area contributed by atoms with E-state index in [4.69, 9.17) is 11.6 Å². The number of rotatable bonds is 2. The van der Waals surface area contributed by atoms with E-state index in [1.807, 2.05) is 24.3 Å². The van der Waals surface area contributed by atoms with Crippen LogP contribution in [0.3, 0.4) is 0 Å². The van der Waals surface area contributed by atoms with E-state index in [0.29, 0.717) is 11.6 Å². The molecule has 2 aromatic rings. The largest absolute Gasteiger partial charge is 0.323 e. The summed E-state index contributed by atoms with van der Waals surface area (Å²) >= 11 is 5.84. The standard InChI is InChI=1S/C16H14ClFN2O/c17-11-5-6-14(18)15(7-11)20-16(21)13-9-19-8-10-3-1-2-4-12(10)13/h1-7,13,19H,8-9H2,(H,20,21). The molecule has 1 unspecified atom stereocenters. The molecule has 2 aromatic carbocycles. The van der Waals surface area contributed by atoms with Gasteiger partial charge in [-0.15, -0.1) is 0 Å². The molecule has 2 N–H and O–H groups in total. The highest BCUT2D eigenvalue weighted by atomic mass is 35.5. The first-order chi connectivity index (χ1) is 10.1. The summed E-state index contributed by atoms with van der Waals surface area (Å²) in [6.07, 6.45) is 0. The van der Waals surface area contributed by atoms with Crippen molar-refractivity contribution in [1.29, 1.82) is 0 Å². The molecule has 5 heteroatoms. The average Bonchev–Trinajstić information content (AvgIpc) is 2.50. The third kappa shape index (κ3) is 2.91. The molecule has 0 aliphatic carbocycles. The summed E-state index contributed by atoms with van der Waals surface area (Å²) in [7, 11) is 0. The van der Waals surface area contributed by atoms with Crippen LogP contribution in [0.4, 0.5) is 10.1 Å². The van der Waals surface area contributed by atoms with Gasteiger partial charge < -0.3 is 10.6 Å². The summed E-state index contributed by atoms with van der Waals surface area (Å²) in [4.78, 5) is 12.4. The van der Waals surface area contributed by atoms with Crippen molar-refractivity contribution >= 4 is 23.2 Å². The molecule has 3 nitrogen and oxygen atoms in total. The van der Waals surface area contributed by atoms with E-state index in [1.165, 1.54) is 18.2 Å². The monoisotopic (exact) mass is 304 g/mol. The van der Waals surface area contributed by atoms with E-state index in [2.05, 4.69) is 10.6 Å². The molecule has 21 heavy (non-hydrogen) atoms. The van der Waals surface area contributed by atoms with Crippen molar-refractivity contribution in [3.63, 3.8) is 0 Å². The van der Waals surface area contributed by atoms with Crippen molar-refractivity contribution in [2.45, 2.75) is 12.5 Å². The smallest absolute Gasteiger partial charge is 0.233 e.